The SMILES string of the molecule is O=C(Nc1ncccn1)c1ccc(N2CCc3ccccc3C2)nc1. The molecule has 6 heteroatoms. The van der Waals surface area contributed by atoms with Crippen LogP contribution in [0.1, 0.15) is 21.5 Å². The Kier molecular flexibility index (Phi) is 4.08. The molecule has 1 amide bonds. The van der Waals surface area contributed by atoms with Gasteiger partial charge in [0.2, 0.25) is 5.95 Å². The first kappa shape index (κ1) is 15.3. The fourth-order valence-electron chi connectivity index (χ4n) is 2.94. The lowest BCUT2D eigenvalue weighted by atomic mass is 10.00. The van der Waals surface area contributed by atoms with Gasteiger partial charge in [-0.15, -0.1) is 0 Å². The van der Waals surface area contributed by atoms with E-state index in [0.717, 1.165) is 25.3 Å². The monoisotopic (exact) mass is 331 g/mol. The van der Waals surface area contributed by atoms with Crippen molar-refractivity contribution in [1.82, 2.24) is 15.0 Å². The first-order chi connectivity index (χ1) is 12.3. The van der Waals surface area contributed by atoms with Crippen LogP contribution in [-0.2, 0) is 13.0 Å². The highest BCUT2D eigenvalue weighted by atomic mass is 16.1. The molecule has 0 atom stereocenters. The highest BCUT2D eigenvalue weighted by Gasteiger charge is 2.17. The summed E-state index contributed by atoms with van der Waals surface area (Å²) in [5, 5.41) is 2.66. The standard InChI is InChI=1S/C19H17N5O/c25-18(23-19-20-9-3-10-21-19)15-6-7-17(22-12-15)24-11-8-14-4-1-2-5-16(14)13-24/h1-7,9-10,12H,8,11,13H2,(H,20,21,23,25). The van der Waals surface area contributed by atoms with Gasteiger partial charge in [-0.1, -0.05) is 24.3 Å². The molecule has 25 heavy (non-hydrogen) atoms. The summed E-state index contributed by atoms with van der Waals surface area (Å²) in [5.41, 5.74) is 3.21. The number of hydrogen-bond acceptors (Lipinski definition) is 5. The van der Waals surface area contributed by atoms with Crippen LogP contribution in [0.3, 0.4) is 0 Å². The maximum absolute atomic E-state index is 12.2. The lowest BCUT2D eigenvalue weighted by Crippen LogP contribution is -2.31. The van der Waals surface area contributed by atoms with E-state index < -0.39 is 0 Å². The Hall–Kier alpha value is -3.28. The van der Waals surface area contributed by atoms with Crippen LogP contribution in [0, 0.1) is 0 Å². The van der Waals surface area contributed by atoms with Gasteiger partial charge in [-0.05, 0) is 35.7 Å². The van der Waals surface area contributed by atoms with Crippen molar-refractivity contribution in [2.45, 2.75) is 13.0 Å². The quantitative estimate of drug-likeness (QED) is 0.799. The van der Waals surface area contributed by atoms with Gasteiger partial charge < -0.3 is 4.90 Å². The largest absolute Gasteiger partial charge is 0.352 e. The minimum absolute atomic E-state index is 0.269. The number of pyridine rings is 1. The van der Waals surface area contributed by atoms with Gasteiger partial charge >= 0.3 is 0 Å². The predicted molar refractivity (Wildman–Crippen MR) is 95.4 cm³/mol. The van der Waals surface area contributed by atoms with E-state index in [1.165, 1.54) is 11.1 Å². The lowest BCUT2D eigenvalue weighted by Gasteiger charge is -2.29. The van der Waals surface area contributed by atoms with E-state index in [1.807, 2.05) is 6.07 Å². The first-order valence-electron chi connectivity index (χ1n) is 8.16. The van der Waals surface area contributed by atoms with Crippen LogP contribution in [0.25, 0.3) is 0 Å². The summed E-state index contributed by atoms with van der Waals surface area (Å²) in [4.78, 5) is 26.9. The molecule has 4 rings (SSSR count). The molecule has 124 valence electrons. The van der Waals surface area contributed by atoms with Crippen molar-refractivity contribution in [2.24, 2.45) is 0 Å². The fourth-order valence-corrected chi connectivity index (χ4v) is 2.94. The zero-order chi connectivity index (χ0) is 17.1. The second-order valence-electron chi connectivity index (χ2n) is 5.87. The summed E-state index contributed by atoms with van der Waals surface area (Å²) in [5.74, 6) is 0.889. The maximum atomic E-state index is 12.2. The Bertz CT molecular complexity index is 880. The highest BCUT2D eigenvalue weighted by molar-refractivity contribution is 6.03. The van der Waals surface area contributed by atoms with Gasteiger partial charge in [0.1, 0.15) is 5.82 Å². The Morgan fingerprint density at radius 2 is 1.76 bits per heavy atom. The predicted octanol–water partition coefficient (Wildman–Crippen LogP) is 2.69. The van der Waals surface area contributed by atoms with Gasteiger partial charge in [-0.2, -0.15) is 0 Å². The van der Waals surface area contributed by atoms with Crippen LogP contribution in [0.4, 0.5) is 11.8 Å². The van der Waals surface area contributed by atoms with Gasteiger partial charge in [-0.25, -0.2) is 15.0 Å². The lowest BCUT2D eigenvalue weighted by molar-refractivity contribution is 0.102. The van der Waals surface area contributed by atoms with E-state index in [2.05, 4.69) is 49.4 Å². The van der Waals surface area contributed by atoms with Crippen LogP contribution in [-0.4, -0.2) is 27.4 Å². The molecule has 3 aromatic rings. The number of rotatable bonds is 3. The molecule has 1 aliphatic rings. The number of nitrogens with zero attached hydrogens (tertiary/aromatic N) is 4. The molecule has 2 aromatic heterocycles. The Morgan fingerprint density at radius 1 is 0.960 bits per heavy atom. The van der Waals surface area contributed by atoms with Gasteiger partial charge in [0.15, 0.2) is 0 Å². The molecule has 1 aromatic carbocycles. The minimum atomic E-state index is -0.269. The fraction of sp³-hybridized carbons (Fsp3) is 0.158. The highest BCUT2D eigenvalue weighted by Crippen LogP contribution is 2.23. The normalized spacial score (nSPS) is 13.2. The number of carbonyl (C=O) groups excluding carboxylic acids is 1. The summed E-state index contributed by atoms with van der Waals surface area (Å²) < 4.78 is 0. The number of nitrogens with one attached hydrogen (secondary N) is 1. The van der Waals surface area contributed by atoms with Crippen molar-refractivity contribution in [3.63, 3.8) is 0 Å². The number of fused-ring (bicyclic) bond motifs is 1. The number of anilines is 2. The van der Waals surface area contributed by atoms with Crippen molar-refractivity contribution in [1.29, 1.82) is 0 Å². The molecule has 0 saturated carbocycles. The van der Waals surface area contributed by atoms with E-state index in [4.69, 9.17) is 0 Å². The van der Waals surface area contributed by atoms with E-state index in [-0.39, 0.29) is 11.9 Å². The molecule has 0 bridgehead atoms. The van der Waals surface area contributed by atoms with Gasteiger partial charge in [0.05, 0.1) is 5.56 Å². The van der Waals surface area contributed by atoms with Crippen molar-refractivity contribution in [3.8, 4) is 0 Å². The Balaban J connectivity index is 1.46. The van der Waals surface area contributed by atoms with E-state index in [1.54, 1.807) is 30.7 Å². The van der Waals surface area contributed by atoms with Crippen molar-refractivity contribution in [3.05, 3.63) is 77.7 Å². The molecule has 0 radical (unpaired) electrons. The molecule has 1 N–H and O–H groups in total. The summed E-state index contributed by atoms with van der Waals surface area (Å²) in [6.45, 7) is 1.76. The van der Waals surface area contributed by atoms with Crippen LogP contribution in [0.15, 0.2) is 61.1 Å². The second-order valence-corrected chi connectivity index (χ2v) is 5.87. The third-order valence-corrected chi connectivity index (χ3v) is 4.26. The number of carbonyl (C=O) groups is 1. The molecule has 0 aliphatic carbocycles. The number of aromatic nitrogens is 3. The van der Waals surface area contributed by atoms with Crippen molar-refractivity contribution in [2.75, 3.05) is 16.8 Å². The average molecular weight is 331 g/mol. The summed E-state index contributed by atoms with van der Waals surface area (Å²) in [6, 6.07) is 13.8. The number of benzene rings is 1. The summed E-state index contributed by atoms with van der Waals surface area (Å²) in [7, 11) is 0. The third kappa shape index (κ3) is 3.33. The van der Waals surface area contributed by atoms with Crippen molar-refractivity contribution >= 4 is 17.7 Å². The molecular formula is C19H17N5O. The van der Waals surface area contributed by atoms with Crippen LogP contribution >= 0.6 is 0 Å². The molecule has 0 unspecified atom stereocenters. The smallest absolute Gasteiger partial charge is 0.259 e. The Labute approximate surface area is 145 Å². The van der Waals surface area contributed by atoms with E-state index in [0.29, 0.717) is 5.56 Å². The van der Waals surface area contributed by atoms with Gasteiger partial charge in [0.25, 0.3) is 5.91 Å². The third-order valence-electron chi connectivity index (χ3n) is 4.26. The maximum Gasteiger partial charge on any atom is 0.259 e. The second kappa shape index (κ2) is 6.68. The summed E-state index contributed by atoms with van der Waals surface area (Å²) >= 11 is 0. The molecule has 3 heterocycles. The molecule has 0 spiro atoms. The topological polar surface area (TPSA) is 71.0 Å². The van der Waals surface area contributed by atoms with Crippen LogP contribution < -0.4 is 10.2 Å². The first-order valence-corrected chi connectivity index (χ1v) is 8.16. The Morgan fingerprint density at radius 3 is 2.52 bits per heavy atom. The average Bonchev–Trinajstić information content (AvgIpc) is 2.68. The minimum Gasteiger partial charge on any atom is -0.352 e. The molecule has 0 fully saturated rings. The van der Waals surface area contributed by atoms with Crippen molar-refractivity contribution < 1.29 is 4.79 Å². The molecule has 1 aliphatic heterocycles. The summed E-state index contributed by atoms with van der Waals surface area (Å²) in [6.07, 6.45) is 5.76. The number of amides is 1. The van der Waals surface area contributed by atoms with Crippen LogP contribution in [0.5, 0.6) is 0 Å². The zero-order valence-electron chi connectivity index (χ0n) is 13.6. The van der Waals surface area contributed by atoms with Gasteiger partial charge in [0, 0.05) is 31.7 Å². The molecule has 6 nitrogen and oxygen atoms in total. The zero-order valence-corrected chi connectivity index (χ0v) is 13.6. The van der Waals surface area contributed by atoms with E-state index >= 15 is 0 Å². The van der Waals surface area contributed by atoms with Crippen LogP contribution in [0.2, 0.25) is 0 Å². The van der Waals surface area contributed by atoms with E-state index in [9.17, 15) is 4.79 Å². The molecule has 0 saturated heterocycles. The molecular weight excluding hydrogens is 314 g/mol. The van der Waals surface area contributed by atoms with Gasteiger partial charge in [-0.3, -0.25) is 10.1 Å². The number of hydrogen-bond donors (Lipinski definition) is 1.